The molecule has 2 atom stereocenters. The zero-order valence-corrected chi connectivity index (χ0v) is 28.8. The smallest absolute Gasteiger partial charge is 0.294 e. The van der Waals surface area contributed by atoms with Gasteiger partial charge < -0.3 is 4.74 Å². The summed E-state index contributed by atoms with van der Waals surface area (Å²) in [6.07, 6.45) is 8.41. The zero-order chi connectivity index (χ0) is 29.3. The maximum Gasteiger partial charge on any atom is 0.294 e. The molecule has 0 aromatic heterocycles. The van der Waals surface area contributed by atoms with Gasteiger partial charge in [-0.05, 0) is 50.2 Å². The third-order valence-electron chi connectivity index (χ3n) is 6.82. The van der Waals surface area contributed by atoms with Gasteiger partial charge in [0.05, 0.1) is 15.4 Å². The van der Waals surface area contributed by atoms with Crippen molar-refractivity contribution in [3.8, 4) is 5.75 Å². The van der Waals surface area contributed by atoms with Gasteiger partial charge in [-0.1, -0.05) is 47.5 Å². The number of carbonyl (C=O) groups is 1. The minimum Gasteiger partial charge on any atom is -0.485 e. The second-order valence-electron chi connectivity index (χ2n) is 9.86. The van der Waals surface area contributed by atoms with Crippen LogP contribution in [-0.2, 0) is 20.2 Å². The van der Waals surface area contributed by atoms with Gasteiger partial charge in [-0.25, -0.2) is 0 Å². The van der Waals surface area contributed by atoms with E-state index < -0.39 is 20.2 Å². The van der Waals surface area contributed by atoms with Crippen LogP contribution < -0.4 is 4.74 Å². The number of rotatable bonds is 2. The van der Waals surface area contributed by atoms with E-state index in [2.05, 4.69) is 31.2 Å². The fourth-order valence-electron chi connectivity index (χ4n) is 4.48. The number of benzene rings is 3. The molecule has 1 aliphatic heterocycles. The van der Waals surface area contributed by atoms with Crippen molar-refractivity contribution in [1.82, 2.24) is 0 Å². The summed E-state index contributed by atoms with van der Waals surface area (Å²) in [7, 11) is -8.04. The molecule has 0 saturated heterocycles. The average molecular weight is 786 g/mol. The van der Waals surface area contributed by atoms with Gasteiger partial charge in [-0.3, -0.25) is 13.9 Å². The van der Waals surface area contributed by atoms with E-state index in [1.807, 2.05) is 38.1 Å². The Bertz CT molecular complexity index is 1590. The Kier molecular flexibility index (Phi) is 10.1. The van der Waals surface area contributed by atoms with Crippen LogP contribution in [0.5, 0.6) is 5.75 Å². The maximum absolute atomic E-state index is 12.5. The first kappa shape index (κ1) is 32.7. The third-order valence-corrected chi connectivity index (χ3v) is 8.56. The minimum atomic E-state index is -4.02. The van der Waals surface area contributed by atoms with E-state index in [0.29, 0.717) is 0 Å². The van der Waals surface area contributed by atoms with Crippen LogP contribution in [0.1, 0.15) is 28.4 Å². The molecule has 0 bridgehead atoms. The first-order valence-corrected chi connectivity index (χ1v) is 15.2. The molecule has 1 fully saturated rings. The van der Waals surface area contributed by atoms with E-state index in [-0.39, 0.29) is 60.3 Å². The van der Waals surface area contributed by atoms with Crippen molar-refractivity contribution in [3.05, 3.63) is 120 Å². The van der Waals surface area contributed by atoms with Crippen LogP contribution in [0.4, 0.5) is 0 Å². The van der Waals surface area contributed by atoms with Gasteiger partial charge in [-0.15, -0.1) is 0 Å². The molecule has 1 radical (unpaired) electrons. The number of ether oxygens (including phenoxy) is 1. The molecule has 2 N–H and O–H groups in total. The first-order valence-electron chi connectivity index (χ1n) is 12.3. The summed E-state index contributed by atoms with van der Waals surface area (Å²) in [6.45, 7) is 5.74. The summed E-state index contributed by atoms with van der Waals surface area (Å²) in [5.74, 6) is 2.13. The summed E-state index contributed by atoms with van der Waals surface area (Å²) in [5.41, 5.74) is 2.44. The number of carbonyl (C=O) groups excluding carboxylic acids is 1. The van der Waals surface area contributed by atoms with Gasteiger partial charge in [0.2, 0.25) is 0 Å². The molecule has 6 rings (SSSR count). The van der Waals surface area contributed by atoms with Gasteiger partial charge in [0.1, 0.15) is 23.2 Å². The quantitative estimate of drug-likeness (QED) is 0.209. The number of aryl methyl sites for hydroxylation is 2. The van der Waals surface area contributed by atoms with Crippen molar-refractivity contribution in [3.63, 3.8) is 0 Å². The van der Waals surface area contributed by atoms with E-state index >= 15 is 0 Å². The van der Waals surface area contributed by atoms with Gasteiger partial charge in [0, 0.05) is 64.4 Å². The first-order chi connectivity index (χ1) is 18.7. The fourth-order valence-corrected chi connectivity index (χ4v) is 5.44. The van der Waals surface area contributed by atoms with Gasteiger partial charge in [0.25, 0.3) is 20.2 Å². The van der Waals surface area contributed by atoms with E-state index in [1.54, 1.807) is 24.3 Å². The number of para-hydroxylation sites is 1. The van der Waals surface area contributed by atoms with Crippen LogP contribution in [0, 0.1) is 31.1 Å². The van der Waals surface area contributed by atoms with Crippen molar-refractivity contribution in [2.45, 2.75) is 36.7 Å². The Labute approximate surface area is 260 Å². The Hall–Kier alpha value is -2.78. The third kappa shape index (κ3) is 7.55. The van der Waals surface area contributed by atoms with E-state index in [0.717, 1.165) is 22.4 Å². The fraction of sp³-hybridized carbons (Fsp3) is 0.200. The summed E-state index contributed by atoms with van der Waals surface area (Å²) in [5, 5.41) is 0. The molecule has 1 saturated carbocycles. The monoisotopic (exact) mass is 786 g/mol. The second kappa shape index (κ2) is 12.6. The van der Waals surface area contributed by atoms with Gasteiger partial charge >= 0.3 is 0 Å². The molecule has 8 nitrogen and oxygen atoms in total. The molecule has 2 aliphatic carbocycles. The molecule has 3 aliphatic rings. The number of hydrogen-bond acceptors (Lipinski definition) is 6. The van der Waals surface area contributed by atoms with E-state index in [9.17, 15) is 21.6 Å². The molecule has 211 valence electrons. The molecular formula is C30H29O8S2Tl+. The van der Waals surface area contributed by atoms with Crippen LogP contribution >= 0.6 is 0 Å². The summed E-state index contributed by atoms with van der Waals surface area (Å²) in [6, 6.07) is 19.5. The summed E-state index contributed by atoms with van der Waals surface area (Å²) in [4.78, 5) is 12.3. The maximum atomic E-state index is 12.5. The summed E-state index contributed by atoms with van der Waals surface area (Å²) >= 11 is 0. The Balaban J connectivity index is 0.000000177. The van der Waals surface area contributed by atoms with E-state index in [4.69, 9.17) is 13.8 Å². The predicted octanol–water partition coefficient (Wildman–Crippen LogP) is 5.07. The van der Waals surface area contributed by atoms with Crippen molar-refractivity contribution in [2.75, 3.05) is 0 Å². The second-order valence-corrected chi connectivity index (χ2v) is 12.7. The van der Waals surface area contributed by atoms with Crippen LogP contribution in [-0.4, -0.2) is 65.1 Å². The largest absolute Gasteiger partial charge is 0.485 e. The van der Waals surface area contributed by atoms with Crippen molar-refractivity contribution in [2.24, 2.45) is 11.3 Å². The van der Waals surface area contributed by atoms with Crippen molar-refractivity contribution >= 4 is 53.3 Å². The minimum absolute atomic E-state index is 0. The standard InChI is InChI=1S/C16H13O2.2C7H8O3S.Tl/c1-10-6-8-16(9-7-10)13-14(17)11-4-2-3-5-12(11)18-15(13)16;2*1-6-2-4-7(5-3-6)11(8,9)10;/h2-9,13,15H,1H3;2*2-5H,1H3,(H,8,9,10);/q+1;;;/t13-,15+;;;/m0.../s1. The number of hydrogen-bond donors (Lipinski definition) is 2. The Morgan fingerprint density at radius 3 is 1.63 bits per heavy atom. The SMILES string of the molecule is C[C+]1C=CC2(C=C1)[C@@H]1Oc3ccccc3C(=O)[C@@H]12.Cc1ccc(S(=O)(=O)O)cc1.Cc1ccc(S(=O)(=O)O)cc1.[Tl]. The predicted molar refractivity (Wildman–Crippen MR) is 156 cm³/mol. The van der Waals surface area contributed by atoms with Gasteiger partial charge in [-0.2, -0.15) is 16.8 Å². The Morgan fingerprint density at radius 2 is 1.20 bits per heavy atom. The molecule has 1 spiro atoms. The topological polar surface area (TPSA) is 135 Å². The summed E-state index contributed by atoms with van der Waals surface area (Å²) < 4.78 is 65.1. The van der Waals surface area contributed by atoms with Gasteiger partial charge in [0.15, 0.2) is 5.78 Å². The molecular weight excluding hydrogens is 757 g/mol. The average Bonchev–Trinajstić information content (AvgIpc) is 3.52. The number of ketones is 1. The van der Waals surface area contributed by atoms with Crippen LogP contribution in [0.15, 0.2) is 107 Å². The van der Waals surface area contributed by atoms with E-state index in [1.165, 1.54) is 30.2 Å². The molecule has 1 heterocycles. The normalized spacial score (nSPS) is 19.2. The molecule has 3 aromatic rings. The number of Topliss-reactive ketones (excluding diaryl/α,β-unsaturated/α-hetero) is 1. The molecule has 0 amide bonds. The van der Waals surface area contributed by atoms with Crippen LogP contribution in [0.2, 0.25) is 0 Å². The molecule has 3 aromatic carbocycles. The Morgan fingerprint density at radius 1 is 0.756 bits per heavy atom. The van der Waals surface area contributed by atoms with Crippen LogP contribution in [0.3, 0.4) is 0 Å². The zero-order valence-electron chi connectivity index (χ0n) is 22.6. The van der Waals surface area contributed by atoms with Crippen molar-refractivity contribution < 1.29 is 35.5 Å². The molecule has 41 heavy (non-hydrogen) atoms. The van der Waals surface area contributed by atoms with Crippen LogP contribution in [0.25, 0.3) is 0 Å². The number of fused-ring (bicyclic) bond motifs is 4. The van der Waals surface area contributed by atoms with Crippen molar-refractivity contribution in [1.29, 1.82) is 0 Å². The molecule has 11 heteroatoms. The molecule has 0 unspecified atom stereocenters. The number of allylic oxidation sites excluding steroid dienone is 2.